The molecule has 150 valence electrons. The van der Waals surface area contributed by atoms with Crippen molar-refractivity contribution in [1.29, 1.82) is 0 Å². The number of carbonyl (C=O) groups excluding carboxylic acids is 2. The Hall–Kier alpha value is -3.43. The molecule has 28 heavy (non-hydrogen) atoms. The van der Waals surface area contributed by atoms with Gasteiger partial charge in [-0.15, -0.1) is 0 Å². The summed E-state index contributed by atoms with van der Waals surface area (Å²) in [6.45, 7) is 3.21. The van der Waals surface area contributed by atoms with Crippen LogP contribution >= 0.6 is 0 Å². The summed E-state index contributed by atoms with van der Waals surface area (Å²) in [6.07, 6.45) is 1.27. The van der Waals surface area contributed by atoms with Crippen LogP contribution in [-0.4, -0.2) is 41.9 Å². The molecule has 1 N–H and O–H groups in total. The van der Waals surface area contributed by atoms with Gasteiger partial charge in [-0.3, -0.25) is 15.1 Å². The summed E-state index contributed by atoms with van der Waals surface area (Å²) < 4.78 is 15.0. The molecule has 0 saturated carbocycles. The van der Waals surface area contributed by atoms with Crippen molar-refractivity contribution in [2.45, 2.75) is 26.3 Å². The molecule has 0 saturated heterocycles. The number of hydrogen-bond donors (Lipinski definition) is 1. The highest BCUT2D eigenvalue weighted by atomic mass is 16.7. The molecule has 0 aliphatic rings. The Morgan fingerprint density at radius 3 is 2.71 bits per heavy atom. The molecule has 2 rings (SSSR count). The number of nitro groups is 1. The van der Waals surface area contributed by atoms with Crippen LogP contribution in [0.15, 0.2) is 30.5 Å². The summed E-state index contributed by atoms with van der Waals surface area (Å²) in [5, 5.41) is 13.9. The Bertz CT molecular complexity index is 871. The monoisotopic (exact) mass is 391 g/mol. The molecular formula is C18H21N3O7. The Labute approximate surface area is 160 Å². The summed E-state index contributed by atoms with van der Waals surface area (Å²) in [7, 11) is 1.24. The second-order valence-corrected chi connectivity index (χ2v) is 5.96. The minimum Gasteiger partial charge on any atom is -0.467 e. The van der Waals surface area contributed by atoms with Crippen LogP contribution in [0.2, 0.25) is 0 Å². The second-order valence-electron chi connectivity index (χ2n) is 5.96. The molecule has 0 fully saturated rings. The van der Waals surface area contributed by atoms with Gasteiger partial charge in [-0.25, -0.2) is 9.59 Å². The van der Waals surface area contributed by atoms with Gasteiger partial charge in [-0.05, 0) is 24.1 Å². The molecule has 1 amide bonds. The van der Waals surface area contributed by atoms with E-state index in [1.165, 1.54) is 25.4 Å². The fourth-order valence-electron chi connectivity index (χ4n) is 2.52. The molecule has 1 aromatic carbocycles. The number of aromatic nitrogens is 1. The van der Waals surface area contributed by atoms with Gasteiger partial charge in [-0.2, -0.15) is 0 Å². The highest BCUT2D eigenvalue weighted by Crippen LogP contribution is 2.31. The third-order valence-electron chi connectivity index (χ3n) is 4.25. The number of nitro benzene ring substituents is 1. The third-order valence-corrected chi connectivity index (χ3v) is 4.25. The van der Waals surface area contributed by atoms with E-state index in [1.54, 1.807) is 19.1 Å². The number of hydrogen-bond acceptors (Lipinski definition) is 8. The van der Waals surface area contributed by atoms with E-state index in [0.29, 0.717) is 11.8 Å². The van der Waals surface area contributed by atoms with Gasteiger partial charge >= 0.3 is 12.1 Å². The summed E-state index contributed by atoms with van der Waals surface area (Å²) in [5.41, 5.74) is 0.163. The Balaban J connectivity index is 2.03. The lowest BCUT2D eigenvalue weighted by atomic mass is 9.99. The van der Waals surface area contributed by atoms with E-state index in [-0.39, 0.29) is 22.9 Å². The molecule has 0 radical (unpaired) electrons. The van der Waals surface area contributed by atoms with E-state index in [4.69, 9.17) is 9.47 Å². The number of fused-ring (bicyclic) bond motifs is 1. The first kappa shape index (κ1) is 20.9. The van der Waals surface area contributed by atoms with Gasteiger partial charge in [0.25, 0.3) is 5.69 Å². The van der Waals surface area contributed by atoms with E-state index in [0.717, 1.165) is 0 Å². The molecule has 10 nitrogen and oxygen atoms in total. The number of esters is 1. The van der Waals surface area contributed by atoms with Crippen molar-refractivity contribution in [2.75, 3.05) is 13.9 Å². The number of ether oxygens (including phenoxy) is 3. The number of amides is 1. The number of non-ortho nitro benzene ring substituents is 1. The van der Waals surface area contributed by atoms with Gasteiger partial charge < -0.3 is 19.5 Å². The maximum Gasteiger partial charge on any atom is 0.410 e. The minimum atomic E-state index is -0.852. The Morgan fingerprint density at radius 2 is 2.07 bits per heavy atom. The first-order valence-corrected chi connectivity index (χ1v) is 8.55. The zero-order chi connectivity index (χ0) is 20.7. The van der Waals surface area contributed by atoms with Crippen LogP contribution in [0.5, 0.6) is 5.75 Å². The van der Waals surface area contributed by atoms with E-state index in [2.05, 4.69) is 15.0 Å². The summed E-state index contributed by atoms with van der Waals surface area (Å²) in [4.78, 5) is 38.4. The lowest BCUT2D eigenvalue weighted by molar-refractivity contribution is -0.383. The average molecular weight is 391 g/mol. The van der Waals surface area contributed by atoms with Crippen LogP contribution in [0.25, 0.3) is 10.9 Å². The molecule has 10 heteroatoms. The van der Waals surface area contributed by atoms with Crippen molar-refractivity contribution in [3.8, 4) is 5.75 Å². The number of rotatable bonds is 8. The standard InChI is InChI=1S/C18H21N3O7/c1-4-11(2)15(17(22)26-3)20-18(23)28-10-27-14-8-7-13(21(24)25)12-6-5-9-19-16(12)14/h5-9,11,15H,4,10H2,1-3H3,(H,20,23). The van der Waals surface area contributed by atoms with Crippen molar-refractivity contribution in [3.05, 3.63) is 40.6 Å². The molecule has 1 heterocycles. The molecule has 1 aromatic heterocycles. The first-order chi connectivity index (χ1) is 13.4. The van der Waals surface area contributed by atoms with Crippen LogP contribution in [0.3, 0.4) is 0 Å². The van der Waals surface area contributed by atoms with Gasteiger partial charge in [0.15, 0.2) is 0 Å². The lowest BCUT2D eigenvalue weighted by Crippen LogP contribution is -2.46. The molecule has 0 aliphatic carbocycles. The molecule has 0 spiro atoms. The summed E-state index contributed by atoms with van der Waals surface area (Å²) >= 11 is 0. The Kier molecular flexibility index (Phi) is 7.08. The normalized spacial score (nSPS) is 12.7. The van der Waals surface area contributed by atoms with Crippen LogP contribution in [0, 0.1) is 16.0 Å². The van der Waals surface area contributed by atoms with Gasteiger partial charge in [0.2, 0.25) is 6.79 Å². The van der Waals surface area contributed by atoms with Crippen molar-refractivity contribution < 1.29 is 28.7 Å². The van der Waals surface area contributed by atoms with Crippen LogP contribution in [0.4, 0.5) is 10.5 Å². The largest absolute Gasteiger partial charge is 0.467 e. The Morgan fingerprint density at radius 1 is 1.32 bits per heavy atom. The fraction of sp³-hybridized carbons (Fsp3) is 0.389. The number of methoxy groups -OCH3 is 1. The van der Waals surface area contributed by atoms with Crippen molar-refractivity contribution in [1.82, 2.24) is 10.3 Å². The molecular weight excluding hydrogens is 370 g/mol. The number of nitrogens with zero attached hydrogens (tertiary/aromatic N) is 2. The highest BCUT2D eigenvalue weighted by Gasteiger charge is 2.27. The van der Waals surface area contributed by atoms with Gasteiger partial charge in [0.05, 0.1) is 17.4 Å². The number of carbonyl (C=O) groups is 2. The SMILES string of the molecule is CCC(C)C(NC(=O)OCOc1ccc([N+](=O)[O-])c2cccnc12)C(=O)OC. The number of alkyl carbamates (subject to hydrolysis) is 1. The van der Waals surface area contributed by atoms with E-state index in [1.807, 2.05) is 6.92 Å². The molecule has 0 aliphatic heterocycles. The molecule has 2 atom stereocenters. The molecule has 0 bridgehead atoms. The topological polar surface area (TPSA) is 130 Å². The number of pyridine rings is 1. The second kappa shape index (κ2) is 9.49. The van der Waals surface area contributed by atoms with Crippen LogP contribution < -0.4 is 10.1 Å². The van der Waals surface area contributed by atoms with Crippen molar-refractivity contribution in [2.24, 2.45) is 5.92 Å². The zero-order valence-electron chi connectivity index (χ0n) is 15.7. The van der Waals surface area contributed by atoms with Crippen LogP contribution in [0.1, 0.15) is 20.3 Å². The number of benzene rings is 1. The minimum absolute atomic E-state index is 0.108. The first-order valence-electron chi connectivity index (χ1n) is 8.55. The predicted molar refractivity (Wildman–Crippen MR) is 98.8 cm³/mol. The molecule has 2 unspecified atom stereocenters. The van der Waals surface area contributed by atoms with E-state index in [9.17, 15) is 19.7 Å². The summed E-state index contributed by atoms with van der Waals surface area (Å²) in [6, 6.07) is 4.95. The van der Waals surface area contributed by atoms with Crippen LogP contribution in [-0.2, 0) is 14.3 Å². The fourth-order valence-corrected chi connectivity index (χ4v) is 2.52. The maximum absolute atomic E-state index is 12.0. The van der Waals surface area contributed by atoms with Crippen molar-refractivity contribution >= 4 is 28.7 Å². The average Bonchev–Trinajstić information content (AvgIpc) is 2.70. The van der Waals surface area contributed by atoms with Gasteiger partial charge in [0.1, 0.15) is 17.3 Å². The van der Waals surface area contributed by atoms with Crippen molar-refractivity contribution in [3.63, 3.8) is 0 Å². The highest BCUT2D eigenvalue weighted by molar-refractivity contribution is 5.92. The van der Waals surface area contributed by atoms with E-state index < -0.39 is 29.8 Å². The predicted octanol–water partition coefficient (Wildman–Crippen LogP) is 2.79. The van der Waals surface area contributed by atoms with E-state index >= 15 is 0 Å². The lowest BCUT2D eigenvalue weighted by Gasteiger charge is -2.21. The zero-order valence-corrected chi connectivity index (χ0v) is 15.7. The van der Waals surface area contributed by atoms with Gasteiger partial charge in [-0.1, -0.05) is 20.3 Å². The third kappa shape index (κ3) is 4.84. The summed E-state index contributed by atoms with van der Waals surface area (Å²) in [5.74, 6) is -0.498. The quantitative estimate of drug-likeness (QED) is 0.315. The smallest absolute Gasteiger partial charge is 0.410 e. The number of nitrogens with one attached hydrogen (secondary N) is 1. The van der Waals surface area contributed by atoms with Gasteiger partial charge in [0, 0.05) is 12.3 Å². The molecule has 2 aromatic rings. The maximum atomic E-state index is 12.0.